The molecule has 200 valence electrons. The highest BCUT2D eigenvalue weighted by Crippen LogP contribution is 2.46. The summed E-state index contributed by atoms with van der Waals surface area (Å²) < 4.78 is 22.0. The smallest absolute Gasteiger partial charge is 0.336 e. The van der Waals surface area contributed by atoms with Gasteiger partial charge in [-0.05, 0) is 49.4 Å². The zero-order valence-electron chi connectivity index (χ0n) is 22.3. The van der Waals surface area contributed by atoms with Crippen molar-refractivity contribution in [1.82, 2.24) is 5.32 Å². The van der Waals surface area contributed by atoms with Gasteiger partial charge in [-0.15, -0.1) is 0 Å². The molecular formula is C30H33NO7. The summed E-state index contributed by atoms with van der Waals surface area (Å²) in [5.74, 6) is -2.46. The maximum Gasteiger partial charge on any atom is 0.336 e. The van der Waals surface area contributed by atoms with Crippen LogP contribution in [0.1, 0.15) is 44.2 Å². The molecule has 2 aliphatic rings. The highest BCUT2D eigenvalue weighted by atomic mass is 16.5. The molecule has 0 spiro atoms. The molecule has 0 aromatic heterocycles. The summed E-state index contributed by atoms with van der Waals surface area (Å²) in [6.45, 7) is 5.90. The predicted octanol–water partition coefficient (Wildman–Crippen LogP) is 4.45. The minimum atomic E-state index is -0.958. The molecule has 1 aliphatic carbocycles. The fraction of sp³-hybridized carbons (Fsp3) is 0.367. The molecule has 0 radical (unpaired) electrons. The number of methoxy groups -OCH3 is 2. The molecule has 0 saturated carbocycles. The van der Waals surface area contributed by atoms with Crippen LogP contribution >= 0.6 is 0 Å². The first-order chi connectivity index (χ1) is 18.3. The molecular weight excluding hydrogens is 486 g/mol. The number of rotatable bonds is 8. The maximum absolute atomic E-state index is 13.8. The second-order valence-electron chi connectivity index (χ2n) is 9.44. The number of hydrogen-bond donors (Lipinski definition) is 1. The van der Waals surface area contributed by atoms with Crippen molar-refractivity contribution < 1.29 is 33.3 Å². The first-order valence-corrected chi connectivity index (χ1v) is 12.6. The van der Waals surface area contributed by atoms with Crippen molar-refractivity contribution in [1.29, 1.82) is 0 Å². The number of ketones is 1. The lowest BCUT2D eigenvalue weighted by Crippen LogP contribution is -2.43. The summed E-state index contributed by atoms with van der Waals surface area (Å²) in [6.07, 6.45) is 0.459. The highest BCUT2D eigenvalue weighted by molar-refractivity contribution is 6.12. The van der Waals surface area contributed by atoms with Crippen molar-refractivity contribution in [2.75, 3.05) is 20.8 Å². The van der Waals surface area contributed by atoms with E-state index >= 15 is 0 Å². The van der Waals surface area contributed by atoms with Gasteiger partial charge in [0.2, 0.25) is 0 Å². The van der Waals surface area contributed by atoms with E-state index in [0.29, 0.717) is 52.6 Å². The van der Waals surface area contributed by atoms with Gasteiger partial charge in [0.05, 0.1) is 26.4 Å². The second-order valence-corrected chi connectivity index (χ2v) is 9.44. The molecule has 3 atom stereocenters. The number of carbonyl (C=O) groups excluding carboxylic acids is 3. The van der Waals surface area contributed by atoms with Crippen molar-refractivity contribution in [3.05, 3.63) is 82.2 Å². The van der Waals surface area contributed by atoms with Crippen LogP contribution in [-0.2, 0) is 30.5 Å². The molecule has 1 aliphatic heterocycles. The first kappa shape index (κ1) is 27.0. The Morgan fingerprint density at radius 2 is 1.79 bits per heavy atom. The molecule has 38 heavy (non-hydrogen) atoms. The van der Waals surface area contributed by atoms with E-state index in [4.69, 9.17) is 18.9 Å². The largest absolute Gasteiger partial charge is 0.493 e. The lowest BCUT2D eigenvalue weighted by molar-refractivity contribution is -0.151. The fourth-order valence-corrected chi connectivity index (χ4v) is 5.21. The molecule has 0 unspecified atom stereocenters. The number of hydrogen-bond acceptors (Lipinski definition) is 8. The van der Waals surface area contributed by atoms with Crippen molar-refractivity contribution in [3.63, 3.8) is 0 Å². The summed E-state index contributed by atoms with van der Waals surface area (Å²) in [5, 5.41) is 3.25. The van der Waals surface area contributed by atoms with Gasteiger partial charge in [-0.3, -0.25) is 9.59 Å². The minimum Gasteiger partial charge on any atom is -0.493 e. The van der Waals surface area contributed by atoms with Gasteiger partial charge < -0.3 is 24.3 Å². The third kappa shape index (κ3) is 5.16. The monoisotopic (exact) mass is 519 g/mol. The molecule has 8 heteroatoms. The molecule has 0 amide bonds. The number of Topliss-reactive ketones (excluding diaryl/α,β-unsaturated/α-hetero) is 1. The molecule has 0 saturated heterocycles. The summed E-state index contributed by atoms with van der Waals surface area (Å²) in [5.41, 5.74) is 3.64. The third-order valence-electron chi connectivity index (χ3n) is 7.00. The van der Waals surface area contributed by atoms with E-state index < -0.39 is 23.8 Å². The first-order valence-electron chi connectivity index (χ1n) is 12.6. The Balaban J connectivity index is 1.79. The van der Waals surface area contributed by atoms with Crippen LogP contribution in [0, 0.1) is 11.8 Å². The summed E-state index contributed by atoms with van der Waals surface area (Å²) >= 11 is 0. The lowest BCUT2D eigenvalue weighted by atomic mass is 9.69. The average Bonchev–Trinajstić information content (AvgIpc) is 2.91. The third-order valence-corrected chi connectivity index (χ3v) is 7.00. The second kappa shape index (κ2) is 11.5. The van der Waals surface area contributed by atoms with Crippen LogP contribution in [0.2, 0.25) is 0 Å². The zero-order chi connectivity index (χ0) is 27.4. The molecule has 1 heterocycles. The average molecular weight is 520 g/mol. The molecule has 2 aromatic rings. The summed E-state index contributed by atoms with van der Waals surface area (Å²) in [4.78, 5) is 39.6. The summed E-state index contributed by atoms with van der Waals surface area (Å²) in [7, 11) is 2.81. The van der Waals surface area contributed by atoms with Gasteiger partial charge in [-0.25, -0.2) is 4.79 Å². The van der Waals surface area contributed by atoms with Gasteiger partial charge in [0.25, 0.3) is 0 Å². The number of benzene rings is 2. The van der Waals surface area contributed by atoms with Crippen molar-refractivity contribution >= 4 is 17.7 Å². The number of esters is 2. The van der Waals surface area contributed by atoms with E-state index in [2.05, 4.69) is 5.32 Å². The number of ether oxygens (including phenoxy) is 4. The maximum atomic E-state index is 13.8. The van der Waals surface area contributed by atoms with E-state index in [0.717, 1.165) is 5.56 Å². The highest BCUT2D eigenvalue weighted by Gasteiger charge is 2.47. The van der Waals surface area contributed by atoms with Crippen LogP contribution in [0.4, 0.5) is 0 Å². The van der Waals surface area contributed by atoms with Crippen LogP contribution in [0.5, 0.6) is 11.5 Å². The van der Waals surface area contributed by atoms with Gasteiger partial charge in [0.15, 0.2) is 17.3 Å². The van der Waals surface area contributed by atoms with Crippen LogP contribution in [0.3, 0.4) is 0 Å². The fourth-order valence-electron chi connectivity index (χ4n) is 5.21. The standard InChI is InChI=1S/C30H33NO7/c1-6-37-30(34)25-18(3)31-21-14-17(2)24(29(33)36-5)28(32)27(21)26(25)20-12-13-22(23(15-20)35-4)38-16-19-10-8-7-9-11-19/h7-13,15,17,24,26,31H,6,14,16H2,1-5H3/t17-,24+,26-/m1/s1. The van der Waals surface area contributed by atoms with Crippen LogP contribution < -0.4 is 14.8 Å². The van der Waals surface area contributed by atoms with Gasteiger partial charge in [-0.2, -0.15) is 0 Å². The number of carbonyl (C=O) groups is 3. The van der Waals surface area contributed by atoms with Crippen molar-refractivity contribution in [3.8, 4) is 11.5 Å². The van der Waals surface area contributed by atoms with Gasteiger partial charge in [0.1, 0.15) is 12.5 Å². The number of allylic oxidation sites excluding steroid dienone is 3. The Morgan fingerprint density at radius 3 is 2.45 bits per heavy atom. The molecule has 0 bridgehead atoms. The number of nitrogens with one attached hydrogen (secondary N) is 1. The van der Waals surface area contributed by atoms with Crippen LogP contribution in [-0.4, -0.2) is 38.5 Å². The van der Waals surface area contributed by atoms with Gasteiger partial charge >= 0.3 is 11.9 Å². The Morgan fingerprint density at radius 1 is 1.05 bits per heavy atom. The Bertz CT molecular complexity index is 1290. The molecule has 0 fully saturated rings. The van der Waals surface area contributed by atoms with Crippen molar-refractivity contribution in [2.24, 2.45) is 11.8 Å². The topological polar surface area (TPSA) is 100 Å². The Hall–Kier alpha value is -4.07. The molecule has 8 nitrogen and oxygen atoms in total. The van der Waals surface area contributed by atoms with Crippen LogP contribution in [0.25, 0.3) is 0 Å². The van der Waals surface area contributed by atoms with Crippen LogP contribution in [0.15, 0.2) is 71.1 Å². The SMILES string of the molecule is CCOC(=O)C1=C(C)NC2=C(C(=O)[C@@H](C(=O)OC)[C@H](C)C2)[C@@H]1c1ccc(OCc2ccccc2)c(OC)c1. The van der Waals surface area contributed by atoms with Crippen molar-refractivity contribution in [2.45, 2.75) is 39.7 Å². The number of dihydropyridines is 1. The predicted molar refractivity (Wildman–Crippen MR) is 140 cm³/mol. The summed E-state index contributed by atoms with van der Waals surface area (Å²) in [6, 6.07) is 15.1. The van der Waals surface area contributed by atoms with E-state index in [9.17, 15) is 14.4 Å². The van der Waals surface area contributed by atoms with E-state index in [-0.39, 0.29) is 18.3 Å². The quantitative estimate of drug-likeness (QED) is 0.403. The molecule has 1 N–H and O–H groups in total. The van der Waals surface area contributed by atoms with Gasteiger partial charge in [0, 0.05) is 22.9 Å². The zero-order valence-corrected chi connectivity index (χ0v) is 22.3. The Labute approximate surface area is 222 Å². The van der Waals surface area contributed by atoms with E-state index in [1.54, 1.807) is 26.0 Å². The lowest BCUT2D eigenvalue weighted by Gasteiger charge is -2.38. The van der Waals surface area contributed by atoms with Gasteiger partial charge in [-0.1, -0.05) is 43.3 Å². The molecule has 2 aromatic carbocycles. The Kier molecular flexibility index (Phi) is 8.20. The van der Waals surface area contributed by atoms with E-state index in [1.807, 2.05) is 43.3 Å². The minimum absolute atomic E-state index is 0.180. The normalized spacial score (nSPS) is 20.9. The molecule has 4 rings (SSSR count). The van der Waals surface area contributed by atoms with E-state index in [1.165, 1.54) is 14.2 Å².